The zero-order valence-electron chi connectivity index (χ0n) is 44.4. The van der Waals surface area contributed by atoms with Crippen LogP contribution in [0.5, 0.6) is 0 Å². The first-order valence-corrected chi connectivity index (χ1v) is 26.1. The number of carboxylic acid groups (broad SMARTS) is 1. The van der Waals surface area contributed by atoms with E-state index in [1.165, 1.54) is 23.8 Å². The third-order valence-electron chi connectivity index (χ3n) is 13.8. The van der Waals surface area contributed by atoms with Crippen LogP contribution in [-0.2, 0) is 35.1 Å². The van der Waals surface area contributed by atoms with Gasteiger partial charge in [0.2, 0.25) is 0 Å². The number of hydrogen-bond acceptors (Lipinski definition) is 21. The minimum atomic E-state index is -2.35. The van der Waals surface area contributed by atoms with Gasteiger partial charge in [-0.25, -0.2) is 9.55 Å². The average molecular weight is 1100 g/mol. The van der Waals surface area contributed by atoms with E-state index in [0.717, 1.165) is 12.8 Å². The summed E-state index contributed by atoms with van der Waals surface area (Å²) in [6.45, 7) is 8.52. The Balaban J connectivity index is 0.00000114. The van der Waals surface area contributed by atoms with Crippen molar-refractivity contribution in [3.05, 3.63) is 95.0 Å². The molecule has 0 saturated carbocycles. The first-order valence-electron chi connectivity index (χ1n) is 26.1. The molecule has 77 heavy (non-hydrogen) atoms. The van der Waals surface area contributed by atoms with E-state index in [2.05, 4.69) is 4.98 Å². The lowest BCUT2D eigenvalue weighted by molar-refractivity contribution is -0.392. The van der Waals surface area contributed by atoms with Crippen LogP contribution in [0.4, 0.5) is 5.82 Å². The number of ether oxygens (including phenoxy) is 4. The normalized spacial score (nSPS) is 39.8. The quantitative estimate of drug-likeness (QED) is 0.107. The summed E-state index contributed by atoms with van der Waals surface area (Å²) < 4.78 is 24.5. The number of aliphatic carboxylic acids is 1. The van der Waals surface area contributed by atoms with Gasteiger partial charge in [-0.2, -0.15) is 0 Å². The molecule has 436 valence electrons. The molecule has 0 aromatic carbocycles. The van der Waals surface area contributed by atoms with Crippen molar-refractivity contribution >= 4 is 17.8 Å². The van der Waals surface area contributed by atoms with Gasteiger partial charge in [0.25, 0.3) is 0 Å². The van der Waals surface area contributed by atoms with Crippen LogP contribution in [0, 0.1) is 34.8 Å². The summed E-state index contributed by atoms with van der Waals surface area (Å²) in [5, 5.41) is 137. The number of nitrogens with two attached hydrogens (primary N) is 1. The summed E-state index contributed by atoms with van der Waals surface area (Å²) in [6, 6.07) is -1.14. The number of nitro groups is 1. The van der Waals surface area contributed by atoms with E-state index in [9.17, 15) is 75.9 Å². The van der Waals surface area contributed by atoms with Crippen LogP contribution in [0.3, 0.4) is 0 Å². The van der Waals surface area contributed by atoms with E-state index in [-0.39, 0.29) is 57.0 Å². The van der Waals surface area contributed by atoms with Crippen LogP contribution >= 0.6 is 0 Å². The molecule has 2 saturated heterocycles. The van der Waals surface area contributed by atoms with Crippen molar-refractivity contribution in [1.29, 1.82) is 0 Å². The number of carbonyl (C=O) groups is 2. The molecule has 1 aromatic heterocycles. The largest absolute Gasteiger partial charge is 0.481 e. The molecule has 2 fully saturated rings. The number of aliphatic hydroxyl groups is 11. The summed E-state index contributed by atoms with van der Waals surface area (Å²) >= 11 is 0. The number of aryl methyl sites for hydroxylation is 1. The van der Waals surface area contributed by atoms with Crippen LogP contribution in [0.1, 0.15) is 97.7 Å². The smallest absolute Gasteiger partial charge is 0.342 e. The highest BCUT2D eigenvalue weighted by atomic mass is 16.7. The van der Waals surface area contributed by atoms with E-state index < -0.39 is 145 Å². The zero-order valence-corrected chi connectivity index (χ0v) is 44.4. The van der Waals surface area contributed by atoms with Crippen LogP contribution < -0.4 is 5.73 Å². The maximum Gasteiger partial charge on any atom is 0.342 e. The Morgan fingerprint density at radius 1 is 0.805 bits per heavy atom. The van der Waals surface area contributed by atoms with Gasteiger partial charge in [-0.1, -0.05) is 86.8 Å². The van der Waals surface area contributed by atoms with Gasteiger partial charge in [-0.05, 0) is 57.3 Å². The van der Waals surface area contributed by atoms with Gasteiger partial charge in [0.1, 0.15) is 30.9 Å². The molecule has 0 amide bonds. The number of rotatable bonds is 6. The van der Waals surface area contributed by atoms with E-state index >= 15 is 0 Å². The molecule has 4 heterocycles. The maximum absolute atomic E-state index is 12.6. The molecule has 1 aromatic rings. The van der Waals surface area contributed by atoms with E-state index in [1.807, 2.05) is 49.5 Å². The number of cyclic esters (lactones) is 1. The molecular formula is C53H84N4O20. The molecule has 0 aliphatic carbocycles. The molecule has 0 spiro atoms. The highest BCUT2D eigenvalue weighted by molar-refractivity contribution is 5.71. The fourth-order valence-corrected chi connectivity index (χ4v) is 9.09. The molecule has 3 aliphatic heterocycles. The predicted octanol–water partition coefficient (Wildman–Crippen LogP) is 1.03. The summed E-state index contributed by atoms with van der Waals surface area (Å²) in [5.41, 5.74) is 6.02. The molecule has 19 atom stereocenters. The van der Waals surface area contributed by atoms with Crippen LogP contribution in [0.25, 0.3) is 0 Å². The molecule has 0 unspecified atom stereocenters. The number of carbonyl (C=O) groups excluding carboxylic acids is 1. The van der Waals surface area contributed by atoms with Crippen molar-refractivity contribution in [2.24, 2.45) is 23.5 Å². The van der Waals surface area contributed by atoms with Gasteiger partial charge < -0.3 is 96.1 Å². The predicted molar refractivity (Wildman–Crippen MR) is 278 cm³/mol. The fourth-order valence-electron chi connectivity index (χ4n) is 9.09. The van der Waals surface area contributed by atoms with Gasteiger partial charge >= 0.3 is 17.8 Å². The van der Waals surface area contributed by atoms with Crippen molar-refractivity contribution in [2.75, 3.05) is 6.61 Å². The second-order valence-electron chi connectivity index (χ2n) is 20.1. The Morgan fingerprint density at radius 2 is 1.40 bits per heavy atom. The Labute approximate surface area is 448 Å². The van der Waals surface area contributed by atoms with Gasteiger partial charge in [-0.15, -0.1) is 0 Å². The van der Waals surface area contributed by atoms with Crippen molar-refractivity contribution in [1.82, 2.24) is 9.55 Å². The number of aliphatic hydroxyl groups excluding tert-OH is 10. The summed E-state index contributed by atoms with van der Waals surface area (Å²) in [4.78, 5) is 38.7. The highest BCUT2D eigenvalue weighted by Crippen LogP contribution is 2.38. The standard InChI is InChI=1S/C47H75NO17.C6H9N3O3/c1-27-17-15-13-11-9-7-5-6-8-10-12-14-16-18-34(64-46-44(58)41(48)43(57)30(4)63-46)24-38-40(45(59)60)37(54)26-47(61,65-38)25-36(53)35(52)20-19-31(49)21-32(50)22-33(51)23-39(55)62-29(3)28(2)42(27)56;1-5-7-4-6(9(11)12)8(5)2-3-10/h5-6,8,10-18,27-38,40-44,46,49-54,56-58,61H,7,9,19-26,48H2,1-4H3,(H,59,60);4,10H,2-3H2,1H3/b6-5+,10-8+,13-11-,14-12+,17-15+,18-16+;/t27-,28-,29-,30+,31+,32+,33+,34-,35+,36+,37-,38-,40+,41-,42+,43+,44-,46-,47+;/m0./s1. The van der Waals surface area contributed by atoms with Gasteiger partial charge in [0, 0.05) is 38.0 Å². The molecular weight excluding hydrogens is 1010 g/mol. The number of imidazole rings is 1. The number of esters is 1. The van der Waals surface area contributed by atoms with E-state index in [1.54, 1.807) is 45.1 Å². The van der Waals surface area contributed by atoms with Crippen LogP contribution in [0.2, 0.25) is 0 Å². The Hall–Kier alpha value is -4.61. The third-order valence-corrected chi connectivity index (χ3v) is 13.8. The van der Waals surface area contributed by atoms with Crippen molar-refractivity contribution in [2.45, 2.75) is 203 Å². The number of carboxylic acids is 1. The topological polar surface area (TPSA) is 401 Å². The number of allylic oxidation sites excluding steroid dienone is 10. The lowest BCUT2D eigenvalue weighted by atomic mass is 9.82. The highest BCUT2D eigenvalue weighted by Gasteiger charge is 2.51. The Kier molecular flexibility index (Phi) is 28.7. The van der Waals surface area contributed by atoms with Gasteiger partial charge in [-0.3, -0.25) is 9.59 Å². The number of aromatic nitrogens is 2. The Morgan fingerprint density at radius 3 is 2.04 bits per heavy atom. The van der Waals surface area contributed by atoms with Crippen LogP contribution in [-0.4, -0.2) is 192 Å². The fraction of sp³-hybridized carbons (Fsp3) is 0.679. The Bertz CT molecular complexity index is 2130. The monoisotopic (exact) mass is 1100 g/mol. The SMILES string of the molecule is C[C@@H]1[C@H](O)[C@@H](C)/C=C/C=C\CC/C=C/C=C/C=C/C=C/[C@H](O[C@@H]2O[C@H](C)[C@@H](O)[C@H](N)[C@@H]2O)C[C@@H]2O[C@](O)(C[C@@H](O)[C@H](O)CC[C@@H](O)C[C@@H](O)C[C@@H](O)CC(=O)O[C@H]1C)C[C@H](O)[C@H]2C(=O)O.Cc1ncc([N+](=O)[O-])n1CCO. The minimum absolute atomic E-state index is 0.0819. The second kappa shape index (κ2) is 33.1. The molecule has 3 aliphatic rings. The van der Waals surface area contributed by atoms with E-state index in [4.69, 9.17) is 29.8 Å². The summed E-state index contributed by atoms with van der Waals surface area (Å²) in [5.74, 6) is -6.36. The molecule has 2 bridgehead atoms. The lowest BCUT2D eigenvalue weighted by Gasteiger charge is -2.45. The number of hydrogen-bond donors (Lipinski definition) is 13. The molecule has 24 heteroatoms. The third kappa shape index (κ3) is 22.2. The van der Waals surface area contributed by atoms with Gasteiger partial charge in [0.15, 0.2) is 17.9 Å². The van der Waals surface area contributed by atoms with E-state index in [0.29, 0.717) is 5.82 Å². The average Bonchev–Trinajstić information content (AvgIpc) is 3.72. The number of fused-ring (bicyclic) bond motifs is 2. The number of nitrogens with zero attached hydrogens (tertiary/aromatic N) is 3. The zero-order chi connectivity index (χ0) is 57.6. The molecule has 4 rings (SSSR count). The molecule has 0 radical (unpaired) electrons. The first-order chi connectivity index (χ1) is 36.3. The first kappa shape index (κ1) is 66.7. The summed E-state index contributed by atoms with van der Waals surface area (Å²) in [7, 11) is 0. The van der Waals surface area contributed by atoms with Crippen molar-refractivity contribution < 1.29 is 94.7 Å². The van der Waals surface area contributed by atoms with Crippen molar-refractivity contribution in [3.8, 4) is 0 Å². The second-order valence-corrected chi connectivity index (χ2v) is 20.1. The maximum atomic E-state index is 12.6. The molecule has 14 N–H and O–H groups in total. The minimum Gasteiger partial charge on any atom is -0.481 e. The molecule has 24 nitrogen and oxygen atoms in total. The lowest BCUT2D eigenvalue weighted by Crippen LogP contribution is -2.61. The van der Waals surface area contributed by atoms with Crippen LogP contribution in [0.15, 0.2) is 79.1 Å². The van der Waals surface area contributed by atoms with Gasteiger partial charge in [0.05, 0.1) is 86.2 Å². The summed E-state index contributed by atoms with van der Waals surface area (Å²) in [6.07, 6.45) is 3.47. The van der Waals surface area contributed by atoms with Crippen molar-refractivity contribution in [3.63, 3.8) is 0 Å².